The van der Waals surface area contributed by atoms with Gasteiger partial charge >= 0.3 is 0 Å². The minimum Gasteiger partial charge on any atom is -0.488 e. The summed E-state index contributed by atoms with van der Waals surface area (Å²) in [5.74, 6) is 6.25. The highest BCUT2D eigenvalue weighted by atomic mass is 35.5. The van der Waals surface area contributed by atoms with E-state index in [9.17, 15) is 19.2 Å². The Morgan fingerprint density at radius 2 is 1.80 bits per heavy atom. The summed E-state index contributed by atoms with van der Waals surface area (Å²) < 4.78 is 6.01. The van der Waals surface area contributed by atoms with Gasteiger partial charge in [-0.25, -0.2) is 0 Å². The van der Waals surface area contributed by atoms with Crippen molar-refractivity contribution in [3.05, 3.63) is 105 Å². The van der Waals surface area contributed by atoms with E-state index in [0.29, 0.717) is 46.4 Å². The van der Waals surface area contributed by atoms with Crippen molar-refractivity contribution in [2.75, 3.05) is 13.1 Å². The third-order valence-electron chi connectivity index (χ3n) is 8.52. The van der Waals surface area contributed by atoms with E-state index in [1.807, 2.05) is 30.3 Å². The Hall–Kier alpha value is -4.58. The number of fused-ring (bicyclic) bond motifs is 1. The maximum atomic E-state index is 13.1. The number of amides is 4. The van der Waals surface area contributed by atoms with Crippen LogP contribution in [0.15, 0.2) is 66.7 Å². The molecule has 0 aromatic heterocycles. The molecule has 3 aromatic rings. The average molecular weight is 657 g/mol. The van der Waals surface area contributed by atoms with Gasteiger partial charge in [0.15, 0.2) is 0 Å². The first kappa shape index (κ1) is 31.4. The van der Waals surface area contributed by atoms with Crippen molar-refractivity contribution < 1.29 is 23.9 Å². The molecule has 3 aromatic carbocycles. The lowest BCUT2D eigenvalue weighted by atomic mass is 9.96. The van der Waals surface area contributed by atoms with E-state index in [1.54, 1.807) is 47.4 Å². The molecule has 10 heteroatoms. The van der Waals surface area contributed by atoms with Gasteiger partial charge in [0, 0.05) is 70.3 Å². The van der Waals surface area contributed by atoms with Gasteiger partial charge < -0.3 is 14.5 Å². The molecule has 0 bridgehead atoms. The SMILES string of the molecule is O=C1CCC(N2Cc3c(C#CC4CCN(C(=O)/C=C/c5cc(Cl)ccc5OCc5ccccc5Cl)CC4)cccc3C2=O)C(=O)N1. The third kappa shape index (κ3) is 6.96. The number of hydrogen-bond acceptors (Lipinski definition) is 5. The first-order chi connectivity index (χ1) is 22.3. The first-order valence-electron chi connectivity index (χ1n) is 15.2. The number of hydrogen-bond donors (Lipinski definition) is 1. The lowest BCUT2D eigenvalue weighted by Gasteiger charge is -2.29. The van der Waals surface area contributed by atoms with Gasteiger partial charge in [-0.15, -0.1) is 0 Å². The second kappa shape index (κ2) is 13.8. The molecular formula is C36H31Cl2N3O5. The van der Waals surface area contributed by atoms with Gasteiger partial charge in [-0.3, -0.25) is 24.5 Å². The fourth-order valence-corrected chi connectivity index (χ4v) is 6.32. The van der Waals surface area contributed by atoms with E-state index >= 15 is 0 Å². The van der Waals surface area contributed by atoms with Crippen LogP contribution in [0.3, 0.4) is 0 Å². The molecule has 8 nitrogen and oxygen atoms in total. The predicted molar refractivity (Wildman–Crippen MR) is 175 cm³/mol. The third-order valence-corrected chi connectivity index (χ3v) is 9.12. The zero-order valence-corrected chi connectivity index (χ0v) is 26.4. The molecular weight excluding hydrogens is 625 g/mol. The topological polar surface area (TPSA) is 96.0 Å². The van der Waals surface area contributed by atoms with Crippen LogP contribution in [0.5, 0.6) is 5.75 Å². The number of benzene rings is 3. The number of carbonyl (C=O) groups excluding carboxylic acids is 4. The summed E-state index contributed by atoms with van der Waals surface area (Å²) in [6.45, 7) is 1.71. The van der Waals surface area contributed by atoms with E-state index in [-0.39, 0.29) is 43.2 Å². The molecule has 2 saturated heterocycles. The second-order valence-corrected chi connectivity index (χ2v) is 12.3. The Bertz CT molecular complexity index is 1800. The summed E-state index contributed by atoms with van der Waals surface area (Å²) in [5.41, 5.74) is 3.66. The van der Waals surface area contributed by atoms with Gasteiger partial charge in [0.2, 0.25) is 17.7 Å². The fourth-order valence-electron chi connectivity index (χ4n) is 5.95. The number of imide groups is 1. The largest absolute Gasteiger partial charge is 0.488 e. The maximum Gasteiger partial charge on any atom is 0.255 e. The quantitative estimate of drug-likeness (QED) is 0.211. The van der Waals surface area contributed by atoms with E-state index in [4.69, 9.17) is 27.9 Å². The van der Waals surface area contributed by atoms with Gasteiger partial charge in [0.05, 0.1) is 0 Å². The van der Waals surface area contributed by atoms with Crippen molar-refractivity contribution in [1.29, 1.82) is 0 Å². The number of nitrogens with one attached hydrogen (secondary N) is 1. The van der Waals surface area contributed by atoms with Crippen molar-refractivity contribution in [3.63, 3.8) is 0 Å². The molecule has 1 N–H and O–H groups in total. The van der Waals surface area contributed by atoms with E-state index in [1.165, 1.54) is 4.90 Å². The van der Waals surface area contributed by atoms with Crippen molar-refractivity contribution in [2.24, 2.45) is 5.92 Å². The molecule has 0 saturated carbocycles. The lowest BCUT2D eigenvalue weighted by Crippen LogP contribution is -2.52. The molecule has 6 rings (SSSR count). The highest BCUT2D eigenvalue weighted by Crippen LogP contribution is 2.30. The van der Waals surface area contributed by atoms with Crippen molar-refractivity contribution in [2.45, 2.75) is 44.9 Å². The number of halogens is 2. The molecule has 46 heavy (non-hydrogen) atoms. The summed E-state index contributed by atoms with van der Waals surface area (Å²) in [5, 5.41) is 3.49. The van der Waals surface area contributed by atoms with Crippen LogP contribution in [-0.4, -0.2) is 52.6 Å². The number of nitrogens with zero attached hydrogens (tertiary/aromatic N) is 2. The van der Waals surface area contributed by atoms with Crippen molar-refractivity contribution >= 4 is 52.9 Å². The van der Waals surface area contributed by atoms with Crippen LogP contribution in [0, 0.1) is 17.8 Å². The summed E-state index contributed by atoms with van der Waals surface area (Å²) in [6, 6.07) is 17.5. The Kier molecular flexibility index (Phi) is 9.43. The zero-order chi connectivity index (χ0) is 32.2. The van der Waals surface area contributed by atoms with Gasteiger partial charge in [-0.1, -0.05) is 59.3 Å². The zero-order valence-electron chi connectivity index (χ0n) is 24.9. The van der Waals surface area contributed by atoms with Crippen LogP contribution in [0.2, 0.25) is 10.0 Å². The minimum atomic E-state index is -0.666. The Labute approximate surface area is 277 Å². The summed E-state index contributed by atoms with van der Waals surface area (Å²) in [4.78, 5) is 53.5. The fraction of sp³-hybridized carbons (Fsp3) is 0.278. The van der Waals surface area contributed by atoms with Crippen LogP contribution in [-0.2, 0) is 27.5 Å². The molecule has 4 amide bonds. The van der Waals surface area contributed by atoms with E-state index in [0.717, 1.165) is 29.5 Å². The molecule has 3 aliphatic rings. The second-order valence-electron chi connectivity index (χ2n) is 11.5. The Morgan fingerprint density at radius 1 is 1.00 bits per heavy atom. The lowest BCUT2D eigenvalue weighted by molar-refractivity contribution is -0.137. The molecule has 0 spiro atoms. The Morgan fingerprint density at radius 3 is 2.59 bits per heavy atom. The maximum absolute atomic E-state index is 13.1. The summed E-state index contributed by atoms with van der Waals surface area (Å²) >= 11 is 12.5. The van der Waals surface area contributed by atoms with Crippen LogP contribution >= 0.6 is 23.2 Å². The van der Waals surface area contributed by atoms with Gasteiger partial charge in [0.1, 0.15) is 18.4 Å². The van der Waals surface area contributed by atoms with Gasteiger partial charge in [-0.05, 0) is 67.3 Å². The van der Waals surface area contributed by atoms with E-state index in [2.05, 4.69) is 17.2 Å². The highest BCUT2D eigenvalue weighted by Gasteiger charge is 2.39. The molecule has 1 unspecified atom stereocenters. The first-order valence-corrected chi connectivity index (χ1v) is 15.9. The average Bonchev–Trinajstić information content (AvgIpc) is 3.39. The Balaban J connectivity index is 1.06. The number of likely N-dealkylation sites (tertiary alicyclic amines) is 1. The minimum absolute atomic E-state index is 0.101. The monoisotopic (exact) mass is 655 g/mol. The van der Waals surface area contributed by atoms with Gasteiger partial charge in [0.25, 0.3) is 5.91 Å². The summed E-state index contributed by atoms with van der Waals surface area (Å²) in [7, 11) is 0. The number of ether oxygens (including phenoxy) is 1. The molecule has 3 aliphatic heterocycles. The molecule has 234 valence electrons. The van der Waals surface area contributed by atoms with E-state index < -0.39 is 11.9 Å². The summed E-state index contributed by atoms with van der Waals surface area (Å²) in [6.07, 6.45) is 5.24. The van der Waals surface area contributed by atoms with Crippen molar-refractivity contribution in [3.8, 4) is 17.6 Å². The van der Waals surface area contributed by atoms with Crippen molar-refractivity contribution in [1.82, 2.24) is 15.1 Å². The van der Waals surface area contributed by atoms with Crippen LogP contribution < -0.4 is 10.1 Å². The standard InChI is InChI=1S/C36H31Cl2N3O5/c37-27-11-13-32(46-22-26-4-1-2-7-30(26)38)25(20-27)10-15-34(43)40-18-16-23(17-19-40)8-9-24-5-3-6-28-29(24)21-41(36(28)45)31-12-14-33(42)39-35(31)44/h1-7,10-11,13,15,20,23,31H,12,14,16-19,21-22H2,(H,39,42,44)/b15-10+. The molecule has 0 radical (unpaired) electrons. The number of rotatable bonds is 6. The highest BCUT2D eigenvalue weighted by molar-refractivity contribution is 6.31. The predicted octanol–water partition coefficient (Wildman–Crippen LogP) is 5.64. The normalized spacial score (nSPS) is 18.3. The molecule has 1 atom stereocenters. The number of carbonyl (C=O) groups is 4. The number of piperidine rings is 2. The van der Waals surface area contributed by atoms with Crippen LogP contribution in [0.25, 0.3) is 6.08 Å². The van der Waals surface area contributed by atoms with Gasteiger partial charge in [-0.2, -0.15) is 0 Å². The molecule has 0 aliphatic carbocycles. The molecule has 3 heterocycles. The smallest absolute Gasteiger partial charge is 0.255 e. The van der Waals surface area contributed by atoms with Crippen LogP contribution in [0.4, 0.5) is 0 Å². The van der Waals surface area contributed by atoms with Crippen LogP contribution in [0.1, 0.15) is 58.3 Å². The molecule has 2 fully saturated rings.